The van der Waals surface area contributed by atoms with Crippen molar-refractivity contribution in [3.63, 3.8) is 0 Å². The Morgan fingerprint density at radius 2 is 2.15 bits per heavy atom. The number of carbonyl (C=O) groups is 1. The first-order valence-electron chi connectivity index (χ1n) is 7.06. The van der Waals surface area contributed by atoms with Crippen LogP contribution in [-0.2, 0) is 11.3 Å². The van der Waals surface area contributed by atoms with Crippen molar-refractivity contribution in [2.24, 2.45) is 5.41 Å². The molecule has 1 aromatic carbocycles. The first-order valence-corrected chi connectivity index (χ1v) is 7.06. The molecule has 0 spiro atoms. The molecule has 0 saturated heterocycles. The molecule has 3 rings (SSSR count). The maximum absolute atomic E-state index is 12.1. The maximum atomic E-state index is 12.1. The van der Waals surface area contributed by atoms with E-state index < -0.39 is 0 Å². The smallest absolute Gasteiger partial charge is 0.239 e. The van der Waals surface area contributed by atoms with Crippen molar-refractivity contribution in [3.8, 4) is 0 Å². The summed E-state index contributed by atoms with van der Waals surface area (Å²) in [6, 6.07) is 10.2. The Balaban J connectivity index is 1.69. The zero-order valence-corrected chi connectivity index (χ0v) is 11.7. The first-order chi connectivity index (χ1) is 9.63. The van der Waals surface area contributed by atoms with E-state index in [4.69, 9.17) is 0 Å². The van der Waals surface area contributed by atoms with Gasteiger partial charge in [0.2, 0.25) is 5.91 Å². The summed E-state index contributed by atoms with van der Waals surface area (Å²) in [5, 5.41) is 13.4. The van der Waals surface area contributed by atoms with E-state index in [0.29, 0.717) is 13.1 Å². The molecule has 1 saturated carbocycles. The van der Waals surface area contributed by atoms with Crippen LogP contribution in [0.25, 0.3) is 10.9 Å². The fourth-order valence-corrected chi connectivity index (χ4v) is 2.61. The second-order valence-corrected chi connectivity index (χ2v) is 5.87. The molecule has 1 heterocycles. The van der Waals surface area contributed by atoms with Gasteiger partial charge in [0.25, 0.3) is 0 Å². The normalized spacial score (nSPS) is 16.3. The van der Waals surface area contributed by atoms with Crippen molar-refractivity contribution in [2.45, 2.75) is 26.3 Å². The van der Waals surface area contributed by atoms with Gasteiger partial charge < -0.3 is 15.0 Å². The van der Waals surface area contributed by atoms with Crippen LogP contribution in [0, 0.1) is 12.3 Å². The van der Waals surface area contributed by atoms with Gasteiger partial charge in [-0.2, -0.15) is 0 Å². The zero-order chi connectivity index (χ0) is 14.2. The Morgan fingerprint density at radius 3 is 2.85 bits per heavy atom. The molecule has 1 aliphatic carbocycles. The molecule has 20 heavy (non-hydrogen) atoms. The van der Waals surface area contributed by atoms with Crippen molar-refractivity contribution in [2.75, 3.05) is 13.2 Å². The standard InChI is InChI=1S/C16H20N2O2/c1-12-8-13-4-2-3-5-14(13)18(12)9-15(20)17-10-16(11-19)6-7-16/h2-5,8,19H,6-7,9-11H2,1H3,(H,17,20). The molecule has 0 radical (unpaired) electrons. The number of nitrogens with zero attached hydrogens (tertiary/aromatic N) is 1. The molecule has 0 unspecified atom stereocenters. The fourth-order valence-electron chi connectivity index (χ4n) is 2.61. The molecule has 1 aromatic heterocycles. The minimum Gasteiger partial charge on any atom is -0.396 e. The molecule has 2 aromatic rings. The molecule has 1 amide bonds. The van der Waals surface area contributed by atoms with Crippen LogP contribution < -0.4 is 5.32 Å². The van der Waals surface area contributed by atoms with Crippen LogP contribution in [0.3, 0.4) is 0 Å². The van der Waals surface area contributed by atoms with Crippen molar-refractivity contribution in [1.82, 2.24) is 9.88 Å². The van der Waals surface area contributed by atoms with Gasteiger partial charge in [0.15, 0.2) is 0 Å². The van der Waals surface area contributed by atoms with E-state index in [1.807, 2.05) is 29.7 Å². The number of aryl methyl sites for hydroxylation is 1. The molecule has 1 fully saturated rings. The number of hydrogen-bond donors (Lipinski definition) is 2. The van der Waals surface area contributed by atoms with Crippen LogP contribution in [-0.4, -0.2) is 28.7 Å². The van der Waals surface area contributed by atoms with Gasteiger partial charge in [-0.05, 0) is 37.3 Å². The van der Waals surface area contributed by atoms with Crippen molar-refractivity contribution in [1.29, 1.82) is 0 Å². The summed E-state index contributed by atoms with van der Waals surface area (Å²) in [4.78, 5) is 12.1. The first kappa shape index (κ1) is 13.2. The highest BCUT2D eigenvalue weighted by atomic mass is 16.3. The molecule has 106 valence electrons. The van der Waals surface area contributed by atoms with E-state index >= 15 is 0 Å². The Labute approximate surface area is 118 Å². The SMILES string of the molecule is Cc1cc2ccccc2n1CC(=O)NCC1(CO)CC1. The lowest BCUT2D eigenvalue weighted by atomic mass is 10.1. The lowest BCUT2D eigenvalue weighted by molar-refractivity contribution is -0.121. The second kappa shape index (κ2) is 4.94. The third kappa shape index (κ3) is 2.43. The van der Waals surface area contributed by atoms with Crippen LogP contribution in [0.15, 0.2) is 30.3 Å². The second-order valence-electron chi connectivity index (χ2n) is 5.87. The molecule has 4 nitrogen and oxygen atoms in total. The highest BCUT2D eigenvalue weighted by Crippen LogP contribution is 2.44. The number of amides is 1. The highest BCUT2D eigenvalue weighted by Gasteiger charge is 2.42. The van der Waals surface area contributed by atoms with Gasteiger partial charge in [-0.3, -0.25) is 4.79 Å². The number of aliphatic hydroxyl groups excluding tert-OH is 1. The number of aliphatic hydroxyl groups is 1. The minimum atomic E-state index is -0.0382. The van der Waals surface area contributed by atoms with Gasteiger partial charge in [-0.15, -0.1) is 0 Å². The predicted molar refractivity (Wildman–Crippen MR) is 78.4 cm³/mol. The van der Waals surface area contributed by atoms with E-state index in [1.165, 1.54) is 0 Å². The van der Waals surface area contributed by atoms with Gasteiger partial charge in [-0.1, -0.05) is 18.2 Å². The molecule has 0 aliphatic heterocycles. The Morgan fingerprint density at radius 1 is 1.40 bits per heavy atom. The predicted octanol–water partition coefficient (Wildman–Crippen LogP) is 1.84. The average Bonchev–Trinajstić information content (AvgIpc) is 3.18. The topological polar surface area (TPSA) is 54.3 Å². The van der Waals surface area contributed by atoms with Crippen LogP contribution in [0.2, 0.25) is 0 Å². The zero-order valence-electron chi connectivity index (χ0n) is 11.7. The number of nitrogens with one attached hydrogen (secondary N) is 1. The number of para-hydroxylation sites is 1. The van der Waals surface area contributed by atoms with Crippen molar-refractivity contribution >= 4 is 16.8 Å². The molecule has 2 N–H and O–H groups in total. The summed E-state index contributed by atoms with van der Waals surface area (Å²) in [5.41, 5.74) is 2.14. The van der Waals surface area contributed by atoms with Crippen LogP contribution in [0.1, 0.15) is 18.5 Å². The van der Waals surface area contributed by atoms with Gasteiger partial charge >= 0.3 is 0 Å². The third-order valence-electron chi connectivity index (χ3n) is 4.27. The largest absolute Gasteiger partial charge is 0.396 e. The quantitative estimate of drug-likeness (QED) is 0.872. The lowest BCUT2D eigenvalue weighted by Crippen LogP contribution is -2.34. The molecule has 0 atom stereocenters. The number of rotatable bonds is 5. The van der Waals surface area contributed by atoms with Crippen LogP contribution >= 0.6 is 0 Å². The third-order valence-corrected chi connectivity index (χ3v) is 4.27. The van der Waals surface area contributed by atoms with Crippen LogP contribution in [0.4, 0.5) is 0 Å². The summed E-state index contributed by atoms with van der Waals surface area (Å²) >= 11 is 0. The van der Waals surface area contributed by atoms with Gasteiger partial charge in [0.1, 0.15) is 6.54 Å². The fraction of sp³-hybridized carbons (Fsp3) is 0.438. The molecule has 1 aliphatic rings. The van der Waals surface area contributed by atoms with E-state index in [-0.39, 0.29) is 17.9 Å². The van der Waals surface area contributed by atoms with E-state index in [0.717, 1.165) is 29.4 Å². The molecular weight excluding hydrogens is 252 g/mol. The Kier molecular flexibility index (Phi) is 3.26. The van der Waals surface area contributed by atoms with E-state index in [9.17, 15) is 9.90 Å². The van der Waals surface area contributed by atoms with Gasteiger partial charge in [0.05, 0.1) is 6.61 Å². The number of carbonyl (C=O) groups excluding carboxylic acids is 1. The summed E-state index contributed by atoms with van der Waals surface area (Å²) in [6.45, 7) is 3.10. The monoisotopic (exact) mass is 272 g/mol. The Hall–Kier alpha value is -1.81. The highest BCUT2D eigenvalue weighted by molar-refractivity contribution is 5.84. The summed E-state index contributed by atoms with van der Waals surface area (Å²) in [6.07, 6.45) is 2.02. The van der Waals surface area contributed by atoms with E-state index in [1.54, 1.807) is 0 Å². The van der Waals surface area contributed by atoms with Crippen molar-refractivity contribution in [3.05, 3.63) is 36.0 Å². The van der Waals surface area contributed by atoms with Crippen LogP contribution in [0.5, 0.6) is 0 Å². The number of fused-ring (bicyclic) bond motifs is 1. The molecule has 0 bridgehead atoms. The summed E-state index contributed by atoms with van der Waals surface area (Å²) in [5.74, 6) is 0.00850. The number of hydrogen-bond acceptors (Lipinski definition) is 2. The Bertz CT molecular complexity index is 641. The minimum absolute atomic E-state index is 0.00850. The number of aromatic nitrogens is 1. The molecule has 4 heteroatoms. The lowest BCUT2D eigenvalue weighted by Gasteiger charge is -2.14. The van der Waals surface area contributed by atoms with Gasteiger partial charge in [-0.25, -0.2) is 0 Å². The summed E-state index contributed by atoms with van der Waals surface area (Å²) < 4.78 is 2.03. The van der Waals surface area contributed by atoms with Gasteiger partial charge in [0, 0.05) is 23.2 Å². The number of benzene rings is 1. The maximum Gasteiger partial charge on any atom is 0.239 e. The van der Waals surface area contributed by atoms with Crippen molar-refractivity contribution < 1.29 is 9.90 Å². The molecular formula is C16H20N2O2. The summed E-state index contributed by atoms with van der Waals surface area (Å²) in [7, 11) is 0. The average molecular weight is 272 g/mol. The van der Waals surface area contributed by atoms with E-state index in [2.05, 4.69) is 17.4 Å².